The van der Waals surface area contributed by atoms with Crippen LogP contribution in [0.2, 0.25) is 0 Å². The van der Waals surface area contributed by atoms with Crippen molar-refractivity contribution in [1.82, 2.24) is 10.6 Å². The molecule has 0 aromatic heterocycles. The summed E-state index contributed by atoms with van der Waals surface area (Å²) >= 11 is 0. The van der Waals surface area contributed by atoms with Crippen LogP contribution in [0, 0.1) is 10.8 Å². The minimum Gasteiger partial charge on any atom is -0.481 e. The van der Waals surface area contributed by atoms with Crippen molar-refractivity contribution >= 4 is 23.8 Å². The van der Waals surface area contributed by atoms with Crippen LogP contribution >= 0.6 is 0 Å². The zero-order valence-corrected chi connectivity index (χ0v) is 23.7. The molecule has 0 fully saturated rings. The second kappa shape index (κ2) is 14.6. The van der Waals surface area contributed by atoms with Crippen molar-refractivity contribution in [2.24, 2.45) is 10.8 Å². The Morgan fingerprint density at radius 1 is 0.650 bits per heavy atom. The van der Waals surface area contributed by atoms with Gasteiger partial charge >= 0.3 is 11.9 Å². The number of rotatable bonds is 16. The average molecular weight is 555 g/mol. The van der Waals surface area contributed by atoms with Gasteiger partial charge in [-0.25, -0.2) is 0 Å². The first-order valence-electron chi connectivity index (χ1n) is 13.5. The van der Waals surface area contributed by atoms with Crippen LogP contribution in [0.1, 0.15) is 64.5 Å². The van der Waals surface area contributed by atoms with Crippen molar-refractivity contribution in [1.29, 1.82) is 0 Å². The van der Waals surface area contributed by atoms with E-state index < -0.39 is 52.8 Å². The summed E-state index contributed by atoms with van der Waals surface area (Å²) in [6.45, 7) is 6.63. The van der Waals surface area contributed by atoms with Crippen molar-refractivity contribution in [3.05, 3.63) is 71.8 Å². The highest BCUT2D eigenvalue weighted by molar-refractivity contribution is 5.83. The van der Waals surface area contributed by atoms with Crippen LogP contribution in [0.15, 0.2) is 60.7 Å². The molecule has 9 heteroatoms. The summed E-state index contributed by atoms with van der Waals surface area (Å²) < 4.78 is 0. The van der Waals surface area contributed by atoms with Gasteiger partial charge in [-0.2, -0.15) is 0 Å². The summed E-state index contributed by atoms with van der Waals surface area (Å²) in [5, 5.41) is 35.8. The zero-order valence-electron chi connectivity index (χ0n) is 23.7. The van der Waals surface area contributed by atoms with Crippen LogP contribution < -0.4 is 10.6 Å². The predicted molar refractivity (Wildman–Crippen MR) is 151 cm³/mol. The highest BCUT2D eigenvalue weighted by Crippen LogP contribution is 2.26. The zero-order chi connectivity index (χ0) is 29.9. The molecule has 40 heavy (non-hydrogen) atoms. The Morgan fingerprint density at radius 2 is 0.975 bits per heavy atom. The van der Waals surface area contributed by atoms with Gasteiger partial charge in [0.2, 0.25) is 11.8 Å². The number of aliphatic carboxylic acids is 2. The molecule has 2 aromatic carbocycles. The Hall–Kier alpha value is -3.72. The van der Waals surface area contributed by atoms with Gasteiger partial charge in [-0.05, 0) is 36.8 Å². The molecule has 2 rings (SSSR count). The average Bonchev–Trinajstić information content (AvgIpc) is 2.90. The second-order valence-electron chi connectivity index (χ2n) is 11.6. The fourth-order valence-electron chi connectivity index (χ4n) is 4.32. The summed E-state index contributed by atoms with van der Waals surface area (Å²) in [6, 6.07) is 17.0. The van der Waals surface area contributed by atoms with E-state index in [4.69, 9.17) is 10.2 Å². The molecule has 0 bridgehead atoms. The summed E-state index contributed by atoms with van der Waals surface area (Å²) in [4.78, 5) is 48.9. The Bertz CT molecular complexity index is 1040. The molecule has 0 saturated heterocycles. The fraction of sp³-hybridized carbons (Fsp3) is 0.484. The van der Waals surface area contributed by atoms with Crippen LogP contribution in [-0.2, 0) is 32.0 Å². The minimum atomic E-state index is -1.22. The number of hydrogen-bond acceptors (Lipinski definition) is 5. The summed E-state index contributed by atoms with van der Waals surface area (Å²) in [5.74, 6) is -2.81. The van der Waals surface area contributed by atoms with E-state index >= 15 is 0 Å². The quantitative estimate of drug-likeness (QED) is 0.213. The first kappa shape index (κ1) is 32.5. The molecule has 9 nitrogen and oxygen atoms in total. The van der Waals surface area contributed by atoms with Gasteiger partial charge in [0.25, 0.3) is 0 Å². The molecule has 0 aliphatic carbocycles. The number of benzene rings is 2. The number of nitrogens with one attached hydrogen (secondary N) is 2. The van der Waals surface area contributed by atoms with E-state index in [1.807, 2.05) is 60.7 Å². The highest BCUT2D eigenvalue weighted by atomic mass is 16.4. The van der Waals surface area contributed by atoms with Gasteiger partial charge in [-0.15, -0.1) is 0 Å². The van der Waals surface area contributed by atoms with Crippen LogP contribution in [-0.4, -0.2) is 57.3 Å². The van der Waals surface area contributed by atoms with Gasteiger partial charge in [0, 0.05) is 23.7 Å². The lowest BCUT2D eigenvalue weighted by atomic mass is 9.84. The van der Waals surface area contributed by atoms with Gasteiger partial charge in [-0.3, -0.25) is 19.2 Å². The normalized spacial score (nSPS) is 14.0. The maximum Gasteiger partial charge on any atom is 0.303 e. The summed E-state index contributed by atoms with van der Waals surface area (Å²) in [7, 11) is 0. The third kappa shape index (κ3) is 10.4. The summed E-state index contributed by atoms with van der Waals surface area (Å²) in [6.07, 6.45) is -0.805. The lowest BCUT2D eigenvalue weighted by Gasteiger charge is -2.35. The van der Waals surface area contributed by atoms with Gasteiger partial charge < -0.3 is 26.0 Å². The SMILES string of the molecule is CC(C)(CCC(=O)O)C(=O)NC(Cc1ccccc1)C(O)C(Cc1ccccc1)NC(=O)C(C)(C)CCC(=O)O. The lowest BCUT2D eigenvalue weighted by Crippen LogP contribution is -2.58. The van der Waals surface area contributed by atoms with Gasteiger partial charge in [-0.1, -0.05) is 88.4 Å². The number of carboxylic acids is 2. The minimum absolute atomic E-state index is 0.115. The number of aliphatic hydroxyl groups is 1. The first-order chi connectivity index (χ1) is 18.7. The molecule has 0 aliphatic heterocycles. The second-order valence-corrected chi connectivity index (χ2v) is 11.6. The molecule has 218 valence electrons. The Morgan fingerprint density at radius 3 is 1.27 bits per heavy atom. The molecular formula is C31H42N2O7. The van der Waals surface area contributed by atoms with E-state index in [-0.39, 0.29) is 38.5 Å². The van der Waals surface area contributed by atoms with E-state index in [0.717, 1.165) is 11.1 Å². The smallest absolute Gasteiger partial charge is 0.303 e. The van der Waals surface area contributed by atoms with Crippen molar-refractivity contribution in [3.63, 3.8) is 0 Å². The van der Waals surface area contributed by atoms with E-state index in [0.29, 0.717) is 0 Å². The Balaban J connectivity index is 2.38. The highest BCUT2D eigenvalue weighted by Gasteiger charge is 2.37. The molecule has 2 atom stereocenters. The van der Waals surface area contributed by atoms with E-state index in [9.17, 15) is 24.3 Å². The van der Waals surface area contributed by atoms with Crippen molar-refractivity contribution in [2.45, 2.75) is 84.4 Å². The number of aliphatic hydroxyl groups excluding tert-OH is 1. The molecule has 2 aromatic rings. The van der Waals surface area contributed by atoms with Crippen LogP contribution in [0.3, 0.4) is 0 Å². The molecule has 2 unspecified atom stereocenters. The van der Waals surface area contributed by atoms with E-state index in [1.54, 1.807) is 27.7 Å². The predicted octanol–water partition coefficient (Wildman–Crippen LogP) is 3.58. The molecule has 0 radical (unpaired) electrons. The van der Waals surface area contributed by atoms with Crippen LogP contribution in [0.25, 0.3) is 0 Å². The first-order valence-corrected chi connectivity index (χ1v) is 13.5. The molecule has 0 aliphatic rings. The van der Waals surface area contributed by atoms with E-state index in [1.165, 1.54) is 0 Å². The van der Waals surface area contributed by atoms with Gasteiger partial charge in [0.05, 0.1) is 18.2 Å². The number of carbonyl (C=O) groups excluding carboxylic acids is 2. The molecule has 0 heterocycles. The third-order valence-electron chi connectivity index (χ3n) is 7.21. The Kier molecular flexibility index (Phi) is 11.9. The van der Waals surface area contributed by atoms with Gasteiger partial charge in [0.15, 0.2) is 0 Å². The summed E-state index contributed by atoms with van der Waals surface area (Å²) in [5.41, 5.74) is -0.294. The lowest BCUT2D eigenvalue weighted by molar-refractivity contribution is -0.140. The number of amides is 2. The third-order valence-corrected chi connectivity index (χ3v) is 7.21. The number of carbonyl (C=O) groups is 4. The van der Waals surface area contributed by atoms with Crippen LogP contribution in [0.5, 0.6) is 0 Å². The molecule has 5 N–H and O–H groups in total. The van der Waals surface area contributed by atoms with Crippen LogP contribution in [0.4, 0.5) is 0 Å². The van der Waals surface area contributed by atoms with Gasteiger partial charge in [0.1, 0.15) is 0 Å². The maximum atomic E-state index is 13.3. The van der Waals surface area contributed by atoms with Crippen molar-refractivity contribution in [2.75, 3.05) is 0 Å². The standard InChI is InChI=1S/C31H42N2O7/c1-30(2,17-15-25(34)35)28(39)32-23(19-21-11-7-5-8-12-21)27(38)24(20-22-13-9-6-10-14-22)33-29(40)31(3,4)18-16-26(36)37/h5-14,23-24,27,38H,15-20H2,1-4H3,(H,32,39)(H,33,40)(H,34,35)(H,36,37). The number of carboxylic acid groups (broad SMARTS) is 2. The molecule has 2 amide bonds. The molecule has 0 saturated carbocycles. The maximum absolute atomic E-state index is 13.3. The Labute approximate surface area is 236 Å². The molecular weight excluding hydrogens is 512 g/mol. The van der Waals surface area contributed by atoms with Crippen molar-refractivity contribution in [3.8, 4) is 0 Å². The largest absolute Gasteiger partial charge is 0.481 e. The number of hydrogen-bond donors (Lipinski definition) is 5. The van der Waals surface area contributed by atoms with E-state index in [2.05, 4.69) is 10.6 Å². The fourth-order valence-corrected chi connectivity index (χ4v) is 4.32. The van der Waals surface area contributed by atoms with Crippen molar-refractivity contribution < 1.29 is 34.5 Å². The molecule has 0 spiro atoms. The topological polar surface area (TPSA) is 153 Å². The monoisotopic (exact) mass is 554 g/mol.